The largest absolute Gasteiger partial charge is 0.384 e. The fraction of sp³-hybridized carbons (Fsp3) is 0.643. The molecule has 0 aromatic carbocycles. The van der Waals surface area contributed by atoms with Crippen LogP contribution in [0, 0.1) is 12.3 Å². The van der Waals surface area contributed by atoms with E-state index < -0.39 is 0 Å². The summed E-state index contributed by atoms with van der Waals surface area (Å²) in [6.07, 6.45) is 2.09. The molecule has 1 amide bonds. The third kappa shape index (κ3) is 3.55. The molecule has 0 saturated carbocycles. The molecule has 2 rings (SSSR count). The first-order valence-electron chi connectivity index (χ1n) is 6.67. The van der Waals surface area contributed by atoms with Crippen LogP contribution in [0.3, 0.4) is 0 Å². The summed E-state index contributed by atoms with van der Waals surface area (Å²) in [5, 5.41) is 10.4. The Labute approximate surface area is 118 Å². The molecule has 1 aliphatic heterocycles. The van der Waals surface area contributed by atoms with E-state index >= 15 is 0 Å². The van der Waals surface area contributed by atoms with Gasteiger partial charge in [0, 0.05) is 24.4 Å². The summed E-state index contributed by atoms with van der Waals surface area (Å²) in [6, 6.07) is 0. The normalized spacial score (nSPS) is 18.2. The predicted octanol–water partition coefficient (Wildman–Crippen LogP) is 1.80. The van der Waals surface area contributed by atoms with E-state index in [2.05, 4.69) is 10.6 Å². The molecule has 0 radical (unpaired) electrons. The number of ether oxygens (including phenoxy) is 1. The van der Waals surface area contributed by atoms with E-state index in [1.54, 1.807) is 18.4 Å². The molecule has 0 atom stereocenters. The monoisotopic (exact) mass is 282 g/mol. The predicted molar refractivity (Wildman–Crippen MR) is 77.8 cm³/mol. The van der Waals surface area contributed by atoms with Gasteiger partial charge in [-0.1, -0.05) is 0 Å². The molecule has 4 nitrogen and oxygen atoms in total. The fourth-order valence-electron chi connectivity index (χ4n) is 2.59. The SMILES string of the molecule is COCC1(CNC(=O)c2cscc2C)CCNCC1. The van der Waals surface area contributed by atoms with Gasteiger partial charge in [-0.15, -0.1) is 0 Å². The Morgan fingerprint density at radius 3 is 2.79 bits per heavy atom. The molecular formula is C14H22N2O2S. The van der Waals surface area contributed by atoms with E-state index in [0.717, 1.165) is 37.1 Å². The molecule has 1 saturated heterocycles. The van der Waals surface area contributed by atoms with Gasteiger partial charge >= 0.3 is 0 Å². The number of rotatable bonds is 5. The highest BCUT2D eigenvalue weighted by Crippen LogP contribution is 2.28. The van der Waals surface area contributed by atoms with Crippen LogP contribution in [0.5, 0.6) is 0 Å². The number of carbonyl (C=O) groups excluding carboxylic acids is 1. The van der Waals surface area contributed by atoms with Gasteiger partial charge in [0.25, 0.3) is 5.91 Å². The van der Waals surface area contributed by atoms with Gasteiger partial charge in [-0.05, 0) is 43.8 Å². The average molecular weight is 282 g/mol. The summed E-state index contributed by atoms with van der Waals surface area (Å²) < 4.78 is 5.35. The van der Waals surface area contributed by atoms with E-state index in [-0.39, 0.29) is 11.3 Å². The van der Waals surface area contributed by atoms with E-state index in [1.165, 1.54) is 0 Å². The third-order valence-electron chi connectivity index (χ3n) is 3.84. The second-order valence-corrected chi connectivity index (χ2v) is 6.08. The highest BCUT2D eigenvalue weighted by Gasteiger charge is 2.32. The van der Waals surface area contributed by atoms with Crippen molar-refractivity contribution in [2.24, 2.45) is 5.41 Å². The maximum absolute atomic E-state index is 12.2. The molecule has 0 bridgehead atoms. The van der Waals surface area contributed by atoms with Crippen LogP contribution in [0.4, 0.5) is 0 Å². The highest BCUT2D eigenvalue weighted by molar-refractivity contribution is 7.08. The summed E-state index contributed by atoms with van der Waals surface area (Å²) in [5.74, 6) is 0.0350. The fourth-order valence-corrected chi connectivity index (χ4v) is 3.42. The molecular weight excluding hydrogens is 260 g/mol. The van der Waals surface area contributed by atoms with Crippen molar-refractivity contribution >= 4 is 17.2 Å². The molecule has 1 fully saturated rings. The number of aryl methyl sites for hydroxylation is 1. The first-order valence-corrected chi connectivity index (χ1v) is 7.62. The van der Waals surface area contributed by atoms with Gasteiger partial charge < -0.3 is 15.4 Å². The van der Waals surface area contributed by atoms with Crippen molar-refractivity contribution in [1.29, 1.82) is 0 Å². The zero-order valence-electron chi connectivity index (χ0n) is 11.6. The standard InChI is InChI=1S/C14H22N2O2S/c1-11-7-19-8-12(11)13(17)16-9-14(10-18-2)3-5-15-6-4-14/h7-8,15H,3-6,9-10H2,1-2H3,(H,16,17). The Morgan fingerprint density at radius 1 is 1.47 bits per heavy atom. The number of carbonyl (C=O) groups is 1. The molecule has 2 N–H and O–H groups in total. The van der Waals surface area contributed by atoms with Crippen molar-refractivity contribution in [2.45, 2.75) is 19.8 Å². The van der Waals surface area contributed by atoms with E-state index in [4.69, 9.17) is 4.74 Å². The van der Waals surface area contributed by atoms with Crippen LogP contribution < -0.4 is 10.6 Å². The number of amides is 1. The van der Waals surface area contributed by atoms with Crippen molar-refractivity contribution in [3.63, 3.8) is 0 Å². The van der Waals surface area contributed by atoms with Gasteiger partial charge in [-0.25, -0.2) is 0 Å². The minimum absolute atomic E-state index is 0.0350. The van der Waals surface area contributed by atoms with Crippen LogP contribution in [0.15, 0.2) is 10.8 Å². The zero-order valence-corrected chi connectivity index (χ0v) is 12.4. The van der Waals surface area contributed by atoms with Crippen molar-refractivity contribution < 1.29 is 9.53 Å². The second kappa shape index (κ2) is 6.50. The van der Waals surface area contributed by atoms with Crippen LogP contribution in [-0.2, 0) is 4.74 Å². The van der Waals surface area contributed by atoms with Crippen LogP contribution in [-0.4, -0.2) is 39.3 Å². The molecule has 19 heavy (non-hydrogen) atoms. The summed E-state index contributed by atoms with van der Waals surface area (Å²) >= 11 is 1.57. The van der Waals surface area contributed by atoms with Gasteiger partial charge in [0.2, 0.25) is 0 Å². The average Bonchev–Trinajstić information content (AvgIpc) is 2.84. The number of nitrogens with one attached hydrogen (secondary N) is 2. The molecule has 0 spiro atoms. The summed E-state index contributed by atoms with van der Waals surface area (Å²) in [7, 11) is 1.73. The van der Waals surface area contributed by atoms with Crippen molar-refractivity contribution in [1.82, 2.24) is 10.6 Å². The Kier molecular flexibility index (Phi) is 4.96. The lowest BCUT2D eigenvalue weighted by atomic mass is 9.79. The molecule has 1 aromatic heterocycles. The topological polar surface area (TPSA) is 50.4 Å². The summed E-state index contributed by atoms with van der Waals surface area (Å²) in [4.78, 5) is 12.2. The smallest absolute Gasteiger partial charge is 0.252 e. The summed E-state index contributed by atoms with van der Waals surface area (Å²) in [6.45, 7) is 5.36. The van der Waals surface area contributed by atoms with Crippen LogP contribution in [0.25, 0.3) is 0 Å². The molecule has 5 heteroatoms. The second-order valence-electron chi connectivity index (χ2n) is 5.33. The van der Waals surface area contributed by atoms with Crippen molar-refractivity contribution in [3.8, 4) is 0 Å². The van der Waals surface area contributed by atoms with E-state index in [0.29, 0.717) is 13.2 Å². The third-order valence-corrected chi connectivity index (χ3v) is 4.70. The molecule has 1 aromatic rings. The molecule has 0 unspecified atom stereocenters. The molecule has 106 valence electrons. The number of thiophene rings is 1. The lowest BCUT2D eigenvalue weighted by Gasteiger charge is -2.37. The minimum atomic E-state index is 0.0350. The maximum atomic E-state index is 12.2. The number of hydrogen-bond acceptors (Lipinski definition) is 4. The Bertz CT molecular complexity index is 419. The van der Waals surface area contributed by atoms with Crippen LogP contribution >= 0.6 is 11.3 Å². The molecule has 1 aliphatic rings. The quantitative estimate of drug-likeness (QED) is 0.866. The van der Waals surface area contributed by atoms with Gasteiger partial charge in [-0.2, -0.15) is 11.3 Å². The Balaban J connectivity index is 1.95. The lowest BCUT2D eigenvalue weighted by molar-refractivity contribution is 0.0511. The Morgan fingerprint density at radius 2 is 2.21 bits per heavy atom. The number of hydrogen-bond donors (Lipinski definition) is 2. The van der Waals surface area contributed by atoms with Crippen molar-refractivity contribution in [3.05, 3.63) is 21.9 Å². The first-order chi connectivity index (χ1) is 9.17. The van der Waals surface area contributed by atoms with Gasteiger partial charge in [-0.3, -0.25) is 4.79 Å². The maximum Gasteiger partial charge on any atom is 0.252 e. The van der Waals surface area contributed by atoms with Crippen LogP contribution in [0.1, 0.15) is 28.8 Å². The first kappa shape index (κ1) is 14.5. The van der Waals surface area contributed by atoms with Crippen molar-refractivity contribution in [2.75, 3.05) is 33.4 Å². The molecule has 0 aliphatic carbocycles. The highest BCUT2D eigenvalue weighted by atomic mass is 32.1. The van der Waals surface area contributed by atoms with E-state index in [1.807, 2.05) is 17.7 Å². The Hall–Kier alpha value is -0.910. The van der Waals surface area contributed by atoms with Gasteiger partial charge in [0.1, 0.15) is 0 Å². The minimum Gasteiger partial charge on any atom is -0.384 e. The molecule has 2 heterocycles. The zero-order chi connectivity index (χ0) is 13.7. The van der Waals surface area contributed by atoms with Crippen LogP contribution in [0.2, 0.25) is 0 Å². The number of piperidine rings is 1. The number of methoxy groups -OCH3 is 1. The van der Waals surface area contributed by atoms with E-state index in [9.17, 15) is 4.79 Å². The van der Waals surface area contributed by atoms with Gasteiger partial charge in [0.05, 0.1) is 12.2 Å². The summed E-state index contributed by atoms with van der Waals surface area (Å²) in [5.41, 5.74) is 1.93. The van der Waals surface area contributed by atoms with Gasteiger partial charge in [0.15, 0.2) is 0 Å². The lowest BCUT2D eigenvalue weighted by Crippen LogP contribution is -2.47.